The van der Waals surface area contributed by atoms with E-state index < -0.39 is 29.1 Å². The van der Waals surface area contributed by atoms with Crippen molar-refractivity contribution in [3.8, 4) is 23.0 Å². The molecule has 1 heterocycles. The van der Waals surface area contributed by atoms with Crippen LogP contribution >= 0.6 is 0 Å². The molecule has 0 spiro atoms. The molecule has 3 aromatic rings. The van der Waals surface area contributed by atoms with Crippen molar-refractivity contribution in [2.75, 3.05) is 6.61 Å². The van der Waals surface area contributed by atoms with Crippen molar-refractivity contribution in [2.24, 2.45) is 5.41 Å². The molecule has 3 rings (SSSR count). The number of esters is 1. The first-order valence-electron chi connectivity index (χ1n) is 10.2. The molecule has 0 fully saturated rings. The Kier molecular flexibility index (Phi) is 6.71. The van der Waals surface area contributed by atoms with E-state index in [0.29, 0.717) is 0 Å². The number of alkyl halides is 3. The van der Waals surface area contributed by atoms with Crippen molar-refractivity contribution in [1.82, 2.24) is 0 Å². The van der Waals surface area contributed by atoms with Gasteiger partial charge in [-0.2, -0.15) is 13.2 Å². The van der Waals surface area contributed by atoms with Crippen LogP contribution in [0.4, 0.5) is 13.2 Å². The van der Waals surface area contributed by atoms with Crippen LogP contribution in [0.2, 0.25) is 0 Å². The number of ether oxygens (including phenoxy) is 3. The van der Waals surface area contributed by atoms with Crippen molar-refractivity contribution in [3.05, 3.63) is 58.4 Å². The van der Waals surface area contributed by atoms with Crippen molar-refractivity contribution >= 4 is 16.9 Å². The standard InChI is InChI=1S/C24H23F3O6/c1-5-30-16-8-6-7-9-17(16)32-21-20(29)15-11-10-14(31-19(28)13-23(2,3)4)12-18(15)33-22(21)24(25,26)27/h6-12H,5,13H2,1-4H3. The predicted molar refractivity (Wildman–Crippen MR) is 115 cm³/mol. The monoisotopic (exact) mass is 464 g/mol. The van der Waals surface area contributed by atoms with E-state index in [-0.39, 0.29) is 46.7 Å². The summed E-state index contributed by atoms with van der Waals surface area (Å²) in [7, 11) is 0. The van der Waals surface area contributed by atoms with E-state index in [9.17, 15) is 22.8 Å². The SMILES string of the molecule is CCOc1ccccc1Oc1c(C(F)(F)F)oc2cc(OC(=O)CC(C)(C)C)ccc2c1=O. The highest BCUT2D eigenvalue weighted by Crippen LogP contribution is 2.40. The Morgan fingerprint density at radius 3 is 2.30 bits per heavy atom. The summed E-state index contributed by atoms with van der Waals surface area (Å²) in [6.45, 7) is 7.47. The summed E-state index contributed by atoms with van der Waals surface area (Å²) < 4.78 is 62.3. The highest BCUT2D eigenvalue weighted by molar-refractivity contribution is 5.81. The molecule has 0 saturated carbocycles. The molecular weight excluding hydrogens is 441 g/mol. The molecule has 9 heteroatoms. The van der Waals surface area contributed by atoms with Crippen molar-refractivity contribution in [1.29, 1.82) is 0 Å². The molecule has 0 atom stereocenters. The Hall–Kier alpha value is -3.49. The second-order valence-corrected chi connectivity index (χ2v) is 8.44. The minimum atomic E-state index is -5.03. The number of para-hydroxylation sites is 2. The minimum absolute atomic E-state index is 0.0385. The largest absolute Gasteiger partial charge is 0.490 e. The first kappa shape index (κ1) is 24.2. The zero-order valence-electron chi connectivity index (χ0n) is 18.5. The zero-order chi connectivity index (χ0) is 24.4. The van der Waals surface area contributed by atoms with Gasteiger partial charge in [0.2, 0.25) is 11.2 Å². The van der Waals surface area contributed by atoms with Crippen LogP contribution in [0, 0.1) is 5.41 Å². The topological polar surface area (TPSA) is 75.0 Å². The molecule has 0 aliphatic rings. The fourth-order valence-corrected chi connectivity index (χ4v) is 3.02. The summed E-state index contributed by atoms with van der Waals surface area (Å²) in [6, 6.07) is 9.65. The average Bonchev–Trinajstić information content (AvgIpc) is 2.69. The predicted octanol–water partition coefficient (Wildman–Crippen LogP) is 6.34. The second-order valence-electron chi connectivity index (χ2n) is 8.44. The van der Waals surface area contributed by atoms with Gasteiger partial charge in [0.25, 0.3) is 5.76 Å². The van der Waals surface area contributed by atoms with E-state index in [1.165, 1.54) is 30.3 Å². The van der Waals surface area contributed by atoms with Crippen LogP contribution in [0.5, 0.6) is 23.0 Å². The number of carbonyl (C=O) groups excluding carboxylic acids is 1. The van der Waals surface area contributed by atoms with E-state index in [1.807, 2.05) is 20.8 Å². The Labute approximate surface area is 187 Å². The van der Waals surface area contributed by atoms with E-state index in [1.54, 1.807) is 13.0 Å². The fourth-order valence-electron chi connectivity index (χ4n) is 3.02. The Morgan fingerprint density at radius 1 is 1.03 bits per heavy atom. The van der Waals surface area contributed by atoms with Crippen molar-refractivity contribution < 1.29 is 36.6 Å². The number of hydrogen-bond donors (Lipinski definition) is 0. The summed E-state index contributed by atoms with van der Waals surface area (Å²) in [5.74, 6) is -3.11. The zero-order valence-corrected chi connectivity index (χ0v) is 18.5. The van der Waals surface area contributed by atoms with Gasteiger partial charge in [-0.1, -0.05) is 32.9 Å². The normalized spacial score (nSPS) is 12.0. The van der Waals surface area contributed by atoms with Crippen LogP contribution < -0.4 is 19.6 Å². The Morgan fingerprint density at radius 2 is 1.70 bits per heavy atom. The molecule has 0 N–H and O–H groups in total. The molecule has 0 amide bonds. The third kappa shape index (κ3) is 5.85. The third-order valence-electron chi connectivity index (χ3n) is 4.35. The van der Waals surface area contributed by atoms with E-state index in [2.05, 4.69) is 0 Å². The van der Waals surface area contributed by atoms with Gasteiger partial charge in [-0.05, 0) is 36.6 Å². The molecule has 1 aromatic heterocycles. The van der Waals surface area contributed by atoms with Gasteiger partial charge in [-0.15, -0.1) is 0 Å². The summed E-state index contributed by atoms with van der Waals surface area (Å²) in [5, 5.41) is -0.164. The molecule has 0 unspecified atom stereocenters. The minimum Gasteiger partial charge on any atom is -0.490 e. The molecule has 6 nitrogen and oxygen atoms in total. The molecule has 33 heavy (non-hydrogen) atoms. The van der Waals surface area contributed by atoms with Gasteiger partial charge >= 0.3 is 12.1 Å². The third-order valence-corrected chi connectivity index (χ3v) is 4.35. The summed E-state index contributed by atoms with van der Waals surface area (Å²) in [4.78, 5) is 25.0. The lowest BCUT2D eigenvalue weighted by Crippen LogP contribution is -2.18. The lowest BCUT2D eigenvalue weighted by Gasteiger charge is -2.17. The molecule has 176 valence electrons. The first-order valence-corrected chi connectivity index (χ1v) is 10.2. The Balaban J connectivity index is 2.08. The number of benzene rings is 2. The number of hydrogen-bond acceptors (Lipinski definition) is 6. The maximum absolute atomic E-state index is 13.8. The van der Waals surface area contributed by atoms with Crippen LogP contribution in [-0.4, -0.2) is 12.6 Å². The number of carbonyl (C=O) groups is 1. The lowest BCUT2D eigenvalue weighted by atomic mass is 9.92. The van der Waals surface area contributed by atoms with Crippen LogP contribution in [0.3, 0.4) is 0 Å². The highest BCUT2D eigenvalue weighted by Gasteiger charge is 2.40. The van der Waals surface area contributed by atoms with Crippen LogP contribution in [-0.2, 0) is 11.0 Å². The highest BCUT2D eigenvalue weighted by atomic mass is 19.4. The molecule has 2 aromatic carbocycles. The van der Waals surface area contributed by atoms with Crippen molar-refractivity contribution in [3.63, 3.8) is 0 Å². The molecular formula is C24H23F3O6. The van der Waals surface area contributed by atoms with Gasteiger partial charge in [0, 0.05) is 6.07 Å². The molecule has 0 saturated heterocycles. The van der Waals surface area contributed by atoms with E-state index >= 15 is 0 Å². The van der Waals surface area contributed by atoms with Gasteiger partial charge in [0.05, 0.1) is 18.4 Å². The smallest absolute Gasteiger partial charge is 0.453 e. The molecule has 0 aliphatic heterocycles. The fraction of sp³-hybridized carbons (Fsp3) is 0.333. The number of rotatable bonds is 6. The van der Waals surface area contributed by atoms with Crippen LogP contribution in [0.1, 0.15) is 39.9 Å². The number of halogens is 3. The van der Waals surface area contributed by atoms with Gasteiger partial charge in [0.1, 0.15) is 11.3 Å². The maximum atomic E-state index is 13.8. The van der Waals surface area contributed by atoms with Crippen molar-refractivity contribution in [2.45, 2.75) is 40.3 Å². The molecule has 0 aliphatic carbocycles. The lowest BCUT2D eigenvalue weighted by molar-refractivity contribution is -0.154. The maximum Gasteiger partial charge on any atom is 0.453 e. The first-order chi connectivity index (χ1) is 15.4. The second kappa shape index (κ2) is 9.17. The summed E-state index contributed by atoms with van der Waals surface area (Å²) in [5.41, 5.74) is -1.75. The summed E-state index contributed by atoms with van der Waals surface area (Å²) in [6.07, 6.45) is -4.93. The van der Waals surface area contributed by atoms with Gasteiger partial charge in [0.15, 0.2) is 11.5 Å². The number of fused-ring (bicyclic) bond motifs is 1. The molecule has 0 radical (unpaired) electrons. The Bertz CT molecular complexity index is 1220. The van der Waals surface area contributed by atoms with Crippen LogP contribution in [0.25, 0.3) is 11.0 Å². The van der Waals surface area contributed by atoms with Crippen LogP contribution in [0.15, 0.2) is 51.7 Å². The van der Waals surface area contributed by atoms with Gasteiger partial charge < -0.3 is 18.6 Å². The van der Waals surface area contributed by atoms with Gasteiger partial charge in [-0.25, -0.2) is 0 Å². The quantitative estimate of drug-likeness (QED) is 0.313. The van der Waals surface area contributed by atoms with E-state index in [4.69, 9.17) is 18.6 Å². The van der Waals surface area contributed by atoms with E-state index in [0.717, 1.165) is 6.07 Å². The summed E-state index contributed by atoms with van der Waals surface area (Å²) >= 11 is 0. The molecule has 0 bridgehead atoms. The average molecular weight is 464 g/mol. The van der Waals surface area contributed by atoms with Gasteiger partial charge in [-0.3, -0.25) is 9.59 Å².